The van der Waals surface area contributed by atoms with Crippen molar-refractivity contribution in [1.29, 1.82) is 0 Å². The van der Waals surface area contributed by atoms with E-state index in [1.807, 2.05) is 157 Å². The van der Waals surface area contributed by atoms with Crippen LogP contribution in [0.5, 0.6) is 23.0 Å². The highest BCUT2D eigenvalue weighted by molar-refractivity contribution is 6.36. The molecule has 16 aromatic rings. The zero-order valence-corrected chi connectivity index (χ0v) is 83.6. The van der Waals surface area contributed by atoms with Crippen LogP contribution in [-0.4, -0.2) is 168 Å². The third kappa shape index (κ3) is 26.3. The van der Waals surface area contributed by atoms with Gasteiger partial charge in [0.1, 0.15) is 70.7 Å². The fourth-order valence-electron chi connectivity index (χ4n) is 17.5. The number of nitrogens with one attached hydrogen (secondary N) is 7. The van der Waals surface area contributed by atoms with Gasteiger partial charge >= 0.3 is 0 Å². The summed E-state index contributed by atoms with van der Waals surface area (Å²) in [6, 6.07) is 38.8. The highest BCUT2D eigenvalue weighted by Crippen LogP contribution is 2.40. The van der Waals surface area contributed by atoms with Gasteiger partial charge in [0.25, 0.3) is 0 Å². The van der Waals surface area contributed by atoms with E-state index in [9.17, 15) is 0 Å². The van der Waals surface area contributed by atoms with E-state index in [1.54, 1.807) is 74.0 Å². The molecule has 4 fully saturated rings. The maximum absolute atomic E-state index is 15.1. The molecule has 16 heterocycles. The van der Waals surface area contributed by atoms with Crippen molar-refractivity contribution in [3.05, 3.63) is 316 Å². The van der Waals surface area contributed by atoms with Crippen LogP contribution >= 0.6 is 69.6 Å². The number of fused-ring (bicyclic) bond motifs is 4. The summed E-state index contributed by atoms with van der Waals surface area (Å²) >= 11 is 37.9. The molecular formula is C107H107Cl6F2N21O6. The van der Waals surface area contributed by atoms with Crippen LogP contribution in [0.2, 0.25) is 30.1 Å². The number of rotatable bonds is 28. The zero-order chi connectivity index (χ0) is 98.5. The summed E-state index contributed by atoms with van der Waals surface area (Å²) in [5, 5.41) is 46.1. The van der Waals surface area contributed by atoms with Crippen molar-refractivity contribution in [2.75, 3.05) is 76.3 Å². The lowest BCUT2D eigenvalue weighted by Gasteiger charge is -2.26. The summed E-state index contributed by atoms with van der Waals surface area (Å²) in [7, 11) is 0. The van der Waals surface area contributed by atoms with Gasteiger partial charge in [0.2, 0.25) is 0 Å². The predicted molar refractivity (Wildman–Crippen MR) is 562 cm³/mol. The molecule has 20 rings (SSSR count). The first-order valence-electron chi connectivity index (χ1n) is 47.2. The standard InChI is InChI=1S/C27H27Cl2N5O.C27H28ClFN6O.C27H27ClFN5O2.C26H25Cl2N5O2/c1-18(27-23(28)15-30-16-24(27)29)35-21-8-10-26-22(13-21)25(32-33-26)9-6-19-5-7-20(31-14-19)17-34-11-3-2-4-12-34;1-16-13-31-15-22(28)27(16)17(2)36-20-4-5-24-21(11-20)25(35-34-24)12-23(29)18-3-6-26(32-14-18)33-19-7-9-30-10-8-19;1-16-13-30-15-22(28)27(16)17(2)36-20-4-5-24-21(11-20)25(34-33-24)12-23(29)18-3-6-26(31-14-18)32-19-7-9-35-10-8-19;1-17(26-22(27)14-29-15-23(26)28)35-20-3-5-25-21(13-20)24(31-32-25)4-2-19-12-18(6-7-30-19)16-33-8-10-34-11-9-33/h5-10,13-16,18H,2-4,11-12,17H2,1H3,(H,32,33);3-6,11-15,17,19,30H,7-10H2,1-2H3,(H,32,33)(H,34,35);3-6,11-15,17,19H,7-10H2,1-2H3,(H,31,32)(H,33,34);2-7,12-15,17H,8-11,16H2,1H3,(H,31,32)/b9-6+;2*23-12-;4-2+/t;2*17-;/m.11./s1. The lowest BCUT2D eigenvalue weighted by Crippen LogP contribution is -2.35. The second kappa shape index (κ2) is 48.3. The summed E-state index contributed by atoms with van der Waals surface area (Å²) in [5.74, 6) is 3.32. The van der Waals surface area contributed by atoms with Gasteiger partial charge in [-0.1, -0.05) is 88.2 Å². The van der Waals surface area contributed by atoms with Crippen LogP contribution in [0.4, 0.5) is 20.4 Å². The number of piperidine rings is 2. The second-order valence-electron chi connectivity index (χ2n) is 35.2. The largest absolute Gasteiger partial charge is 0.486 e. The number of anilines is 2. The van der Waals surface area contributed by atoms with Gasteiger partial charge in [-0.3, -0.25) is 60.1 Å². The first-order chi connectivity index (χ1) is 69.1. The van der Waals surface area contributed by atoms with Crippen LogP contribution in [0.3, 0.4) is 0 Å². The van der Waals surface area contributed by atoms with Gasteiger partial charge in [-0.2, -0.15) is 20.4 Å². The molecule has 2 unspecified atom stereocenters. The van der Waals surface area contributed by atoms with Crippen LogP contribution in [-0.2, 0) is 22.6 Å². The summed E-state index contributed by atoms with van der Waals surface area (Å²) in [4.78, 5) is 39.0. The Morgan fingerprint density at radius 3 is 1.34 bits per heavy atom. The molecule has 4 saturated heterocycles. The zero-order valence-electron chi connectivity index (χ0n) is 79.1. The minimum atomic E-state index is -0.412. The number of halogens is 8. The number of hydrogen-bond donors (Lipinski definition) is 7. The van der Waals surface area contributed by atoms with Crippen LogP contribution in [0, 0.1) is 13.8 Å². The number of hydrogen-bond acceptors (Lipinski definition) is 23. The van der Waals surface area contributed by atoms with Crippen molar-refractivity contribution < 1.29 is 37.2 Å². The maximum atomic E-state index is 15.1. The average Bonchev–Trinajstić information content (AvgIpc) is 1.65. The van der Waals surface area contributed by atoms with E-state index in [4.69, 9.17) is 98.0 Å². The first kappa shape index (κ1) is 101. The molecule has 0 aliphatic carbocycles. The molecule has 732 valence electrons. The Balaban J connectivity index is 0.000000130. The summed E-state index contributed by atoms with van der Waals surface area (Å²) in [6.07, 6.45) is 37.3. The van der Waals surface area contributed by atoms with Crippen molar-refractivity contribution in [3.63, 3.8) is 0 Å². The fourth-order valence-corrected chi connectivity index (χ4v) is 19.6. The fraction of sp³-hybridized carbons (Fsp3) is 0.290. The van der Waals surface area contributed by atoms with Crippen molar-refractivity contribution in [3.8, 4) is 23.0 Å². The van der Waals surface area contributed by atoms with Gasteiger partial charge in [0.15, 0.2) is 0 Å². The van der Waals surface area contributed by atoms with Crippen LogP contribution < -0.4 is 34.9 Å². The molecule has 4 aliphatic heterocycles. The van der Waals surface area contributed by atoms with E-state index < -0.39 is 11.7 Å². The SMILES string of the molecule is CC(Oc1ccc2[nH]nc(/C=C/c3cc(CN4CCOCC4)ccn3)c2c1)c1c(Cl)cncc1Cl.CC(Oc1ccc2[nH]nc(/C=C/c3ccc(CN4CCCCC4)nc3)c2c1)c1c(Cl)cncc1Cl.Cc1cncc(Cl)c1[C@@H](C)Oc1ccc2n[nH]c(/C=C(\F)c3ccc(NC4CCNCC4)nc3)c2c1.Cc1cncc(Cl)c1[C@@H](C)Oc1ccc2n[nH]c(/C=C(\F)c3ccc(NC4CCOCC4)nc3)c2c1. The molecule has 12 aromatic heterocycles. The third-order valence-electron chi connectivity index (χ3n) is 24.9. The Morgan fingerprint density at radius 1 is 0.423 bits per heavy atom. The van der Waals surface area contributed by atoms with Crippen molar-refractivity contribution in [2.24, 2.45) is 0 Å². The van der Waals surface area contributed by atoms with Gasteiger partial charge in [0, 0.05) is 193 Å². The molecule has 7 N–H and O–H groups in total. The predicted octanol–water partition coefficient (Wildman–Crippen LogP) is 25.4. The maximum Gasteiger partial charge on any atom is 0.134 e. The van der Waals surface area contributed by atoms with E-state index in [0.29, 0.717) is 110 Å². The van der Waals surface area contributed by atoms with E-state index >= 15 is 8.78 Å². The lowest BCUT2D eigenvalue weighted by molar-refractivity contribution is 0.0342. The molecular weight excluding hydrogens is 1930 g/mol. The lowest BCUT2D eigenvalue weighted by atomic mass is 10.1. The molecule has 0 radical (unpaired) electrons. The van der Waals surface area contributed by atoms with Crippen LogP contribution in [0.1, 0.15) is 187 Å². The van der Waals surface area contributed by atoms with Crippen molar-refractivity contribution in [1.82, 2.24) is 95.8 Å². The molecule has 27 nitrogen and oxygen atoms in total. The molecule has 4 aromatic carbocycles. The third-order valence-corrected chi connectivity index (χ3v) is 26.7. The number of aromatic amines is 4. The number of pyridine rings is 8. The number of nitrogens with zero attached hydrogens (tertiary/aromatic N) is 14. The molecule has 0 saturated carbocycles. The highest BCUT2D eigenvalue weighted by Gasteiger charge is 2.25. The number of morpholine rings is 1. The normalized spacial score (nSPS) is 15.7. The molecule has 35 heteroatoms. The Hall–Kier alpha value is -12.9. The first-order valence-corrected chi connectivity index (χ1v) is 49.5. The van der Waals surface area contributed by atoms with Gasteiger partial charge in [-0.25, -0.2) is 18.7 Å². The van der Waals surface area contributed by atoms with Crippen molar-refractivity contribution in [2.45, 2.75) is 136 Å². The number of H-pyrrole nitrogens is 4. The Morgan fingerprint density at radius 2 is 0.866 bits per heavy atom. The molecule has 0 amide bonds. The Kier molecular flexibility index (Phi) is 34.2. The Labute approximate surface area is 851 Å². The topological polar surface area (TPSA) is 316 Å². The minimum absolute atomic E-state index is 0.288. The van der Waals surface area contributed by atoms with Crippen LogP contribution in [0.15, 0.2) is 196 Å². The van der Waals surface area contributed by atoms with Gasteiger partial charge < -0.3 is 44.4 Å². The summed E-state index contributed by atoms with van der Waals surface area (Å²) < 4.78 is 65.7. The monoisotopic (exact) mass is 2030 g/mol. The number of benzene rings is 4. The van der Waals surface area contributed by atoms with E-state index in [0.717, 1.165) is 186 Å². The second-order valence-corrected chi connectivity index (χ2v) is 37.6. The summed E-state index contributed by atoms with van der Waals surface area (Å²) in [6.45, 7) is 22.7. The van der Waals surface area contributed by atoms with Gasteiger partial charge in [-0.05, 0) is 262 Å². The van der Waals surface area contributed by atoms with E-state index in [1.165, 1.54) is 56.3 Å². The van der Waals surface area contributed by atoms with Gasteiger partial charge in [-0.15, -0.1) is 0 Å². The van der Waals surface area contributed by atoms with E-state index in [-0.39, 0.29) is 24.4 Å². The smallest absolute Gasteiger partial charge is 0.134 e. The molecule has 0 bridgehead atoms. The van der Waals surface area contributed by atoms with Crippen molar-refractivity contribution >= 4 is 173 Å². The highest BCUT2D eigenvalue weighted by atomic mass is 35.5. The summed E-state index contributed by atoms with van der Waals surface area (Å²) in [5.41, 5.74) is 16.1. The Bertz CT molecular complexity index is 6830. The molecule has 4 atom stereocenters. The van der Waals surface area contributed by atoms with Crippen LogP contribution in [0.25, 0.3) is 91.7 Å². The minimum Gasteiger partial charge on any atom is -0.486 e. The number of likely N-dealkylation sites (tertiary alicyclic amines) is 1. The number of aromatic nitrogens is 16. The number of aryl methyl sites for hydroxylation is 2. The molecule has 142 heavy (non-hydrogen) atoms. The van der Waals surface area contributed by atoms with E-state index in [2.05, 4.69) is 131 Å². The quantitative estimate of drug-likeness (QED) is 0.0240. The van der Waals surface area contributed by atoms with Gasteiger partial charge in [0.05, 0.1) is 99.6 Å². The molecule has 4 aliphatic rings. The number of ether oxygens (including phenoxy) is 6. The molecule has 0 spiro atoms. The average molecular weight is 2030 g/mol.